The molecule has 1 rings (SSSR count). The lowest BCUT2D eigenvalue weighted by molar-refractivity contribution is 0.132. The molecule has 0 heterocycles. The first-order valence-electron chi connectivity index (χ1n) is 3.79. The predicted molar refractivity (Wildman–Crippen MR) is 47.3 cm³/mol. The zero-order valence-electron chi connectivity index (χ0n) is 7.09. The molecule has 1 atom stereocenters. The van der Waals surface area contributed by atoms with Gasteiger partial charge >= 0.3 is 0 Å². The first kappa shape index (κ1) is 8.28. The second-order valence-electron chi connectivity index (χ2n) is 3.19. The van der Waals surface area contributed by atoms with Crippen molar-refractivity contribution in [1.29, 1.82) is 0 Å². The second-order valence-corrected chi connectivity index (χ2v) is 3.19. The van der Waals surface area contributed by atoms with E-state index in [9.17, 15) is 5.11 Å². The van der Waals surface area contributed by atoms with E-state index in [-0.39, 0.29) is 0 Å². The summed E-state index contributed by atoms with van der Waals surface area (Å²) < 4.78 is 0. The average molecular weight is 150 g/mol. The molecule has 1 aliphatic rings. The molecule has 1 N–H and O–H groups in total. The molecule has 0 aromatic heterocycles. The molecule has 1 heteroatoms. The standard InChI is InChI=1S/C10H14O/c1-8(2)10(11)6-4-9(3)5-7-10/h4-6,11H,1,7H2,2-3H3. The van der Waals surface area contributed by atoms with Crippen molar-refractivity contribution in [2.24, 2.45) is 0 Å². The summed E-state index contributed by atoms with van der Waals surface area (Å²) >= 11 is 0. The number of hydrogen-bond acceptors (Lipinski definition) is 1. The topological polar surface area (TPSA) is 20.2 Å². The summed E-state index contributed by atoms with van der Waals surface area (Å²) in [5.41, 5.74) is 1.22. The van der Waals surface area contributed by atoms with Crippen molar-refractivity contribution in [3.8, 4) is 0 Å². The van der Waals surface area contributed by atoms with Crippen molar-refractivity contribution in [3.63, 3.8) is 0 Å². The molecule has 0 fully saturated rings. The van der Waals surface area contributed by atoms with Gasteiger partial charge in [-0.3, -0.25) is 0 Å². The molecule has 0 amide bonds. The van der Waals surface area contributed by atoms with Gasteiger partial charge in [0, 0.05) is 6.42 Å². The van der Waals surface area contributed by atoms with Crippen LogP contribution in [-0.4, -0.2) is 10.7 Å². The first-order chi connectivity index (χ1) is 5.04. The highest BCUT2D eigenvalue weighted by Crippen LogP contribution is 2.26. The van der Waals surface area contributed by atoms with Gasteiger partial charge in [0.15, 0.2) is 0 Å². The molecule has 0 radical (unpaired) electrons. The van der Waals surface area contributed by atoms with Crippen LogP contribution in [0, 0.1) is 0 Å². The van der Waals surface area contributed by atoms with Gasteiger partial charge in [-0.25, -0.2) is 0 Å². The van der Waals surface area contributed by atoms with Crippen molar-refractivity contribution < 1.29 is 5.11 Å². The highest BCUT2D eigenvalue weighted by molar-refractivity contribution is 5.32. The molecule has 0 bridgehead atoms. The van der Waals surface area contributed by atoms with E-state index >= 15 is 0 Å². The zero-order valence-corrected chi connectivity index (χ0v) is 7.09. The zero-order chi connectivity index (χ0) is 8.48. The monoisotopic (exact) mass is 150 g/mol. The van der Waals surface area contributed by atoms with Gasteiger partial charge in [-0.2, -0.15) is 0 Å². The van der Waals surface area contributed by atoms with Gasteiger partial charge in [-0.05, 0) is 25.5 Å². The molecule has 0 aliphatic heterocycles. The van der Waals surface area contributed by atoms with Crippen LogP contribution in [0.3, 0.4) is 0 Å². The van der Waals surface area contributed by atoms with Crippen LogP contribution >= 0.6 is 0 Å². The number of allylic oxidation sites excluding steroid dienone is 2. The highest BCUT2D eigenvalue weighted by atomic mass is 16.3. The van der Waals surface area contributed by atoms with Gasteiger partial charge in [0.1, 0.15) is 5.60 Å². The summed E-state index contributed by atoms with van der Waals surface area (Å²) in [6.07, 6.45) is 6.42. The molecule has 0 saturated heterocycles. The molecule has 0 aromatic carbocycles. The fourth-order valence-corrected chi connectivity index (χ4v) is 1.04. The Balaban J connectivity index is 2.82. The fraction of sp³-hybridized carbons (Fsp3) is 0.400. The molecule has 1 unspecified atom stereocenters. The van der Waals surface area contributed by atoms with Crippen LogP contribution in [0.15, 0.2) is 36.0 Å². The smallest absolute Gasteiger partial charge is 0.107 e. The predicted octanol–water partition coefficient (Wildman–Crippen LogP) is 2.20. The Kier molecular flexibility index (Phi) is 2.01. The highest BCUT2D eigenvalue weighted by Gasteiger charge is 2.24. The average Bonchev–Trinajstić information content (AvgIpc) is 1.95. The van der Waals surface area contributed by atoms with Crippen molar-refractivity contribution in [2.75, 3.05) is 0 Å². The summed E-state index contributed by atoms with van der Waals surface area (Å²) in [6, 6.07) is 0. The third-order valence-corrected chi connectivity index (χ3v) is 2.10. The maximum absolute atomic E-state index is 9.84. The van der Waals surface area contributed by atoms with E-state index in [1.807, 2.05) is 32.1 Å². The van der Waals surface area contributed by atoms with Gasteiger partial charge in [0.2, 0.25) is 0 Å². The lowest BCUT2D eigenvalue weighted by atomic mass is 9.87. The second kappa shape index (κ2) is 2.67. The van der Waals surface area contributed by atoms with Crippen molar-refractivity contribution in [3.05, 3.63) is 36.0 Å². The minimum atomic E-state index is -0.792. The SMILES string of the molecule is C=C(C)C1(O)C=CC(C)=CC1. The van der Waals surface area contributed by atoms with Crippen LogP contribution < -0.4 is 0 Å². The third-order valence-electron chi connectivity index (χ3n) is 2.10. The summed E-state index contributed by atoms with van der Waals surface area (Å²) in [5.74, 6) is 0. The minimum Gasteiger partial charge on any atom is -0.381 e. The van der Waals surface area contributed by atoms with E-state index in [4.69, 9.17) is 0 Å². The molecule has 60 valence electrons. The van der Waals surface area contributed by atoms with Gasteiger partial charge < -0.3 is 5.11 Å². The number of rotatable bonds is 1. The normalized spacial score (nSPS) is 29.9. The summed E-state index contributed by atoms with van der Waals surface area (Å²) in [7, 11) is 0. The van der Waals surface area contributed by atoms with Crippen LogP contribution in [0.2, 0.25) is 0 Å². The van der Waals surface area contributed by atoms with E-state index in [0.29, 0.717) is 6.42 Å². The molecule has 0 saturated carbocycles. The molecule has 11 heavy (non-hydrogen) atoms. The van der Waals surface area contributed by atoms with E-state index in [2.05, 4.69) is 6.58 Å². The Hall–Kier alpha value is -0.820. The van der Waals surface area contributed by atoms with Crippen molar-refractivity contribution >= 4 is 0 Å². The Morgan fingerprint density at radius 2 is 2.36 bits per heavy atom. The van der Waals surface area contributed by atoms with Crippen LogP contribution in [-0.2, 0) is 0 Å². The Morgan fingerprint density at radius 3 is 2.73 bits per heavy atom. The number of aliphatic hydroxyl groups is 1. The molecule has 1 aliphatic carbocycles. The Bertz CT molecular complexity index is 235. The first-order valence-corrected chi connectivity index (χ1v) is 3.79. The van der Waals surface area contributed by atoms with Gasteiger partial charge in [-0.15, -0.1) is 0 Å². The van der Waals surface area contributed by atoms with E-state index in [1.165, 1.54) is 5.57 Å². The van der Waals surface area contributed by atoms with Crippen LogP contribution in [0.1, 0.15) is 20.3 Å². The lowest BCUT2D eigenvalue weighted by Gasteiger charge is -2.26. The van der Waals surface area contributed by atoms with Crippen molar-refractivity contribution in [1.82, 2.24) is 0 Å². The Labute approximate surface area is 67.7 Å². The molecule has 0 aromatic rings. The van der Waals surface area contributed by atoms with Gasteiger partial charge in [0.25, 0.3) is 0 Å². The maximum atomic E-state index is 9.84. The summed E-state index contributed by atoms with van der Waals surface area (Å²) in [6.45, 7) is 7.61. The van der Waals surface area contributed by atoms with Crippen LogP contribution in [0.4, 0.5) is 0 Å². The van der Waals surface area contributed by atoms with Gasteiger partial charge in [-0.1, -0.05) is 24.3 Å². The van der Waals surface area contributed by atoms with Crippen molar-refractivity contribution in [2.45, 2.75) is 25.9 Å². The third kappa shape index (κ3) is 1.60. The lowest BCUT2D eigenvalue weighted by Crippen LogP contribution is -2.27. The molecule has 0 spiro atoms. The summed E-state index contributed by atoms with van der Waals surface area (Å²) in [5, 5.41) is 9.84. The van der Waals surface area contributed by atoms with Crippen LogP contribution in [0.25, 0.3) is 0 Å². The fourth-order valence-electron chi connectivity index (χ4n) is 1.04. The maximum Gasteiger partial charge on any atom is 0.107 e. The molecular weight excluding hydrogens is 136 g/mol. The molecular formula is C10H14O. The summed E-state index contributed by atoms with van der Waals surface area (Å²) in [4.78, 5) is 0. The van der Waals surface area contributed by atoms with Gasteiger partial charge in [0.05, 0.1) is 0 Å². The van der Waals surface area contributed by atoms with E-state index < -0.39 is 5.60 Å². The Morgan fingerprint density at radius 1 is 1.73 bits per heavy atom. The largest absolute Gasteiger partial charge is 0.381 e. The quantitative estimate of drug-likeness (QED) is 0.568. The van der Waals surface area contributed by atoms with Crippen LogP contribution in [0.5, 0.6) is 0 Å². The van der Waals surface area contributed by atoms with E-state index in [0.717, 1.165) is 5.57 Å². The minimum absolute atomic E-state index is 0.657. The number of hydrogen-bond donors (Lipinski definition) is 1. The van der Waals surface area contributed by atoms with E-state index in [1.54, 1.807) is 0 Å². The molecule has 1 nitrogen and oxygen atoms in total.